The number of nitrogens with one attached hydrogen (secondary N) is 1. The lowest BCUT2D eigenvalue weighted by molar-refractivity contribution is -0.215. The van der Waals surface area contributed by atoms with E-state index >= 15 is 0 Å². The van der Waals surface area contributed by atoms with Crippen LogP contribution in [0.3, 0.4) is 0 Å². The van der Waals surface area contributed by atoms with Gasteiger partial charge in [-0.3, -0.25) is 19.1 Å². The van der Waals surface area contributed by atoms with Gasteiger partial charge in [-0.25, -0.2) is 4.79 Å². The average Bonchev–Trinajstić information content (AvgIpc) is 2.76. The third-order valence-electron chi connectivity index (χ3n) is 3.28. The minimum atomic E-state index is -1.53. The number of aromatic nitrogens is 2. The number of ether oxygens (including phenoxy) is 2. The zero-order chi connectivity index (χ0) is 16.4. The van der Waals surface area contributed by atoms with Crippen LogP contribution in [0.5, 0.6) is 0 Å². The van der Waals surface area contributed by atoms with Gasteiger partial charge < -0.3 is 14.6 Å². The maximum Gasteiger partial charge on any atom is 0.330 e. The fraction of sp³-hybridized carbons (Fsp3) is 0.583. The molecule has 1 aliphatic heterocycles. The number of aromatic amines is 1. The van der Waals surface area contributed by atoms with Crippen molar-refractivity contribution in [3.8, 4) is 0 Å². The van der Waals surface area contributed by atoms with Crippen molar-refractivity contribution in [3.63, 3.8) is 0 Å². The lowest BCUT2D eigenvalue weighted by atomic mass is 10.1. The number of esters is 1. The Kier molecular flexibility index (Phi) is 4.74. The Morgan fingerprint density at radius 3 is 2.82 bits per heavy atom. The van der Waals surface area contributed by atoms with Crippen LogP contribution in [0, 0.1) is 6.92 Å². The number of aliphatic hydroxyl groups is 1. The molecule has 0 saturated carbocycles. The summed E-state index contributed by atoms with van der Waals surface area (Å²) in [7, 11) is 0. The number of H-pyrrole nitrogens is 1. The lowest BCUT2D eigenvalue weighted by Crippen LogP contribution is -2.39. The van der Waals surface area contributed by atoms with Crippen molar-refractivity contribution in [2.75, 3.05) is 6.61 Å². The van der Waals surface area contributed by atoms with Gasteiger partial charge in [-0.1, -0.05) is 0 Å². The zero-order valence-electron chi connectivity index (χ0n) is 11.8. The highest BCUT2D eigenvalue weighted by molar-refractivity contribution is 5.65. The first-order valence-electron chi connectivity index (χ1n) is 6.41. The molecule has 4 atom stereocenters. The summed E-state index contributed by atoms with van der Waals surface area (Å²) < 4.78 is 23.6. The maximum atomic E-state index is 12.6. The predicted molar refractivity (Wildman–Crippen MR) is 68.6 cm³/mol. The molecule has 2 unspecified atom stereocenters. The first-order valence-corrected chi connectivity index (χ1v) is 6.41. The number of carbonyl (C=O) groups excluding carboxylic acids is 1. The van der Waals surface area contributed by atoms with Gasteiger partial charge in [-0.2, -0.15) is 4.94 Å². The molecular formula is C12H15FN2O7. The molecule has 0 bridgehead atoms. The molecule has 122 valence electrons. The van der Waals surface area contributed by atoms with Crippen molar-refractivity contribution >= 4 is 5.97 Å². The molecule has 0 amide bonds. The van der Waals surface area contributed by atoms with E-state index in [1.807, 2.05) is 4.98 Å². The van der Waals surface area contributed by atoms with E-state index in [1.54, 1.807) is 0 Å². The molecule has 0 aliphatic carbocycles. The first-order chi connectivity index (χ1) is 10.3. The van der Waals surface area contributed by atoms with Crippen molar-refractivity contribution in [2.45, 2.75) is 38.4 Å². The molecule has 1 fully saturated rings. The number of nitrogens with zero attached hydrogens (tertiary/aromatic N) is 1. The van der Waals surface area contributed by atoms with Gasteiger partial charge in [-0.15, -0.1) is 0 Å². The second kappa shape index (κ2) is 6.38. The summed E-state index contributed by atoms with van der Waals surface area (Å²) in [5.41, 5.74) is -1.20. The minimum absolute atomic E-state index is 0.205. The van der Waals surface area contributed by atoms with Crippen molar-refractivity contribution in [3.05, 3.63) is 32.6 Å². The van der Waals surface area contributed by atoms with E-state index in [-0.39, 0.29) is 12.2 Å². The van der Waals surface area contributed by atoms with E-state index in [9.17, 15) is 24.0 Å². The topological polar surface area (TPSA) is 120 Å². The number of hydrogen-bond acceptors (Lipinski definition) is 7. The highest BCUT2D eigenvalue weighted by atomic mass is 19.3. The van der Waals surface area contributed by atoms with Crippen molar-refractivity contribution < 1.29 is 28.8 Å². The Morgan fingerprint density at radius 2 is 2.23 bits per heavy atom. The van der Waals surface area contributed by atoms with Crippen LogP contribution < -0.4 is 11.2 Å². The molecule has 1 aromatic rings. The molecule has 22 heavy (non-hydrogen) atoms. The predicted octanol–water partition coefficient (Wildman–Crippen LogP) is -1.06. The number of halogens is 1. The molecule has 2 heterocycles. The van der Waals surface area contributed by atoms with Gasteiger partial charge >= 0.3 is 11.7 Å². The summed E-state index contributed by atoms with van der Waals surface area (Å²) in [4.78, 5) is 39.6. The number of aryl methyl sites for hydroxylation is 1. The second-order valence-electron chi connectivity index (χ2n) is 4.89. The van der Waals surface area contributed by atoms with Crippen molar-refractivity contribution in [2.24, 2.45) is 0 Å². The Bertz CT molecular complexity index is 670. The summed E-state index contributed by atoms with van der Waals surface area (Å²) in [6, 6.07) is 0. The van der Waals surface area contributed by atoms with Gasteiger partial charge in [0.2, 0.25) is 0 Å². The Hall–Kier alpha value is -2.04. The van der Waals surface area contributed by atoms with Crippen LogP contribution >= 0.6 is 0 Å². The smallest absolute Gasteiger partial charge is 0.330 e. The number of hydrogen-bond donors (Lipinski definition) is 2. The Morgan fingerprint density at radius 1 is 1.55 bits per heavy atom. The van der Waals surface area contributed by atoms with Crippen molar-refractivity contribution in [1.29, 1.82) is 0 Å². The normalized spacial score (nSPS) is 27.8. The molecule has 1 saturated heterocycles. The molecule has 2 N–H and O–H groups in total. The second-order valence-corrected chi connectivity index (χ2v) is 4.89. The SMILES string of the molecule is CC(=O)OC[C@H]1O[C@@H](n2cc(C)c(=O)[nH]c2=O)C(O)C1OF. The molecule has 0 radical (unpaired) electrons. The largest absolute Gasteiger partial charge is 0.463 e. The zero-order valence-corrected chi connectivity index (χ0v) is 11.8. The third-order valence-corrected chi connectivity index (χ3v) is 3.28. The fourth-order valence-electron chi connectivity index (χ4n) is 2.17. The van der Waals surface area contributed by atoms with Crippen molar-refractivity contribution in [1.82, 2.24) is 9.55 Å². The van der Waals surface area contributed by atoms with Gasteiger partial charge in [0, 0.05) is 18.7 Å². The molecule has 0 spiro atoms. The first kappa shape index (κ1) is 16.3. The molecule has 1 aliphatic rings. The van der Waals surface area contributed by atoms with Crippen LogP contribution in [0.25, 0.3) is 0 Å². The van der Waals surface area contributed by atoms with Crippen LogP contribution in [-0.2, 0) is 19.2 Å². The summed E-state index contributed by atoms with van der Waals surface area (Å²) in [5, 5.41) is 10.0. The number of aliphatic hydroxyl groups excluding tert-OH is 1. The summed E-state index contributed by atoms with van der Waals surface area (Å²) in [5.74, 6) is -0.615. The van der Waals surface area contributed by atoms with E-state index < -0.39 is 41.8 Å². The lowest BCUT2D eigenvalue weighted by Gasteiger charge is -2.17. The standard InChI is InChI=1S/C12H15FN2O7/c1-5-3-15(12(19)14-10(5)18)11-8(17)9(22-13)7(21-11)4-20-6(2)16/h3,7-9,11,17H,4H2,1-2H3,(H,14,18,19)/t7-,8?,9?,11-/m1/s1. The molecule has 0 aromatic carbocycles. The highest BCUT2D eigenvalue weighted by Crippen LogP contribution is 2.30. The molecule has 9 nitrogen and oxygen atoms in total. The number of rotatable bonds is 4. The Balaban J connectivity index is 2.29. The molecule has 10 heteroatoms. The van der Waals surface area contributed by atoms with E-state index in [2.05, 4.69) is 4.94 Å². The highest BCUT2D eigenvalue weighted by Gasteiger charge is 2.47. The van der Waals surface area contributed by atoms with Crippen LogP contribution in [0.2, 0.25) is 0 Å². The van der Waals surface area contributed by atoms with Crippen LogP contribution in [0.15, 0.2) is 15.8 Å². The average molecular weight is 318 g/mol. The quantitative estimate of drug-likeness (QED) is 0.679. The maximum absolute atomic E-state index is 12.6. The van der Waals surface area contributed by atoms with E-state index in [0.717, 1.165) is 11.5 Å². The fourth-order valence-corrected chi connectivity index (χ4v) is 2.17. The van der Waals surface area contributed by atoms with Gasteiger partial charge in [0.25, 0.3) is 5.56 Å². The van der Waals surface area contributed by atoms with Gasteiger partial charge in [-0.05, 0) is 11.4 Å². The van der Waals surface area contributed by atoms with Gasteiger partial charge in [0.05, 0.1) is 0 Å². The molecule has 2 rings (SSSR count). The molecular weight excluding hydrogens is 303 g/mol. The third kappa shape index (κ3) is 3.08. The van der Waals surface area contributed by atoms with Gasteiger partial charge in [0.1, 0.15) is 18.8 Å². The number of carbonyl (C=O) groups is 1. The van der Waals surface area contributed by atoms with Crippen LogP contribution in [-0.4, -0.2) is 45.5 Å². The monoisotopic (exact) mass is 318 g/mol. The minimum Gasteiger partial charge on any atom is -0.463 e. The Labute approximate surface area is 123 Å². The summed E-state index contributed by atoms with van der Waals surface area (Å²) in [6.45, 7) is 2.26. The van der Waals surface area contributed by atoms with E-state index in [1.165, 1.54) is 13.1 Å². The van der Waals surface area contributed by atoms with Crippen LogP contribution in [0.4, 0.5) is 4.53 Å². The molecule has 1 aromatic heterocycles. The summed E-state index contributed by atoms with van der Waals surface area (Å²) in [6.07, 6.45) is -4.19. The summed E-state index contributed by atoms with van der Waals surface area (Å²) >= 11 is 0. The van der Waals surface area contributed by atoms with Crippen LogP contribution in [0.1, 0.15) is 18.7 Å². The van der Waals surface area contributed by atoms with E-state index in [4.69, 9.17) is 9.47 Å². The van der Waals surface area contributed by atoms with Gasteiger partial charge in [0.15, 0.2) is 12.3 Å². The van der Waals surface area contributed by atoms with E-state index in [0.29, 0.717) is 0 Å².